The fourth-order valence-electron chi connectivity index (χ4n) is 3.44. The Kier molecular flexibility index (Phi) is 12.5. The zero-order chi connectivity index (χ0) is 29.1. The van der Waals surface area contributed by atoms with E-state index in [1.165, 1.54) is 0 Å². The summed E-state index contributed by atoms with van der Waals surface area (Å²) in [6.07, 6.45) is -0.236. The number of imide groups is 1. The molecule has 0 aromatic carbocycles. The van der Waals surface area contributed by atoms with E-state index in [0.717, 1.165) is 4.90 Å². The van der Waals surface area contributed by atoms with Crippen molar-refractivity contribution in [1.82, 2.24) is 20.9 Å². The quantitative estimate of drug-likeness (QED) is 0.152. The van der Waals surface area contributed by atoms with Gasteiger partial charge in [-0.2, -0.15) is 0 Å². The van der Waals surface area contributed by atoms with Crippen molar-refractivity contribution in [2.45, 2.75) is 104 Å². The number of nitrogens with zero attached hydrogens (tertiary/aromatic N) is 1. The van der Waals surface area contributed by atoms with Crippen molar-refractivity contribution in [3.63, 3.8) is 0 Å². The summed E-state index contributed by atoms with van der Waals surface area (Å²) in [5.41, 5.74) is -1.42. The predicted octanol–water partition coefficient (Wildman–Crippen LogP) is 1.77. The van der Waals surface area contributed by atoms with Crippen LogP contribution in [-0.4, -0.2) is 83.8 Å². The van der Waals surface area contributed by atoms with Crippen molar-refractivity contribution in [3.8, 4) is 0 Å². The van der Waals surface area contributed by atoms with Crippen LogP contribution in [0.3, 0.4) is 0 Å². The SMILES string of the molecule is CCOC(=O)CN1C(=O)CC[C@H](NC(=O)[C@H](CCCCNC(=O)OC(C)(C)C)NC(=O)OC(C)(C)C)C1=O. The van der Waals surface area contributed by atoms with Crippen LogP contribution in [0, 0.1) is 0 Å². The first-order valence-electron chi connectivity index (χ1n) is 12.8. The molecule has 3 N–H and O–H groups in total. The van der Waals surface area contributed by atoms with Crippen LogP contribution in [0.2, 0.25) is 0 Å². The molecule has 13 heteroatoms. The molecule has 0 spiro atoms. The zero-order valence-electron chi connectivity index (χ0n) is 23.4. The first-order chi connectivity index (χ1) is 17.5. The Labute approximate surface area is 223 Å². The molecule has 0 saturated carbocycles. The number of carbonyl (C=O) groups is 6. The predicted molar refractivity (Wildman–Crippen MR) is 136 cm³/mol. The number of piperidine rings is 1. The number of ether oxygens (including phenoxy) is 3. The van der Waals surface area contributed by atoms with Crippen LogP contribution >= 0.6 is 0 Å². The van der Waals surface area contributed by atoms with Gasteiger partial charge in [-0.15, -0.1) is 0 Å². The van der Waals surface area contributed by atoms with Gasteiger partial charge >= 0.3 is 18.2 Å². The fourth-order valence-corrected chi connectivity index (χ4v) is 3.44. The highest BCUT2D eigenvalue weighted by atomic mass is 16.6. The first-order valence-corrected chi connectivity index (χ1v) is 12.8. The average Bonchev–Trinajstić information content (AvgIpc) is 2.75. The lowest BCUT2D eigenvalue weighted by Gasteiger charge is -2.31. The van der Waals surface area contributed by atoms with Gasteiger partial charge in [-0.1, -0.05) is 0 Å². The van der Waals surface area contributed by atoms with E-state index in [0.29, 0.717) is 19.4 Å². The summed E-state index contributed by atoms with van der Waals surface area (Å²) in [4.78, 5) is 74.8. The molecule has 38 heavy (non-hydrogen) atoms. The molecule has 2 atom stereocenters. The maximum absolute atomic E-state index is 13.1. The monoisotopic (exact) mass is 542 g/mol. The molecule has 1 saturated heterocycles. The van der Waals surface area contributed by atoms with Crippen molar-refractivity contribution in [2.24, 2.45) is 0 Å². The number of likely N-dealkylation sites (tertiary alicyclic amines) is 1. The Balaban J connectivity index is 2.79. The normalized spacial score (nSPS) is 16.8. The van der Waals surface area contributed by atoms with Crippen LogP contribution in [0.4, 0.5) is 9.59 Å². The van der Waals surface area contributed by atoms with E-state index in [1.54, 1.807) is 48.5 Å². The van der Waals surface area contributed by atoms with Crippen molar-refractivity contribution in [3.05, 3.63) is 0 Å². The second-order valence-electron chi connectivity index (χ2n) is 10.8. The molecule has 1 rings (SSSR count). The molecule has 1 aliphatic heterocycles. The number of amides is 5. The van der Waals surface area contributed by atoms with Crippen molar-refractivity contribution in [1.29, 1.82) is 0 Å². The van der Waals surface area contributed by atoms with Gasteiger partial charge in [-0.3, -0.25) is 24.1 Å². The smallest absolute Gasteiger partial charge is 0.408 e. The minimum Gasteiger partial charge on any atom is -0.465 e. The minimum absolute atomic E-state index is 0.0451. The Morgan fingerprint density at radius 2 is 1.58 bits per heavy atom. The number of esters is 1. The zero-order valence-corrected chi connectivity index (χ0v) is 23.4. The van der Waals surface area contributed by atoms with Gasteiger partial charge in [-0.25, -0.2) is 9.59 Å². The molecule has 0 radical (unpaired) electrons. The molecule has 0 aromatic rings. The fraction of sp³-hybridized carbons (Fsp3) is 0.760. The van der Waals surface area contributed by atoms with Gasteiger partial charge < -0.3 is 30.2 Å². The third-order valence-corrected chi connectivity index (χ3v) is 5.02. The van der Waals surface area contributed by atoms with Gasteiger partial charge in [0.2, 0.25) is 11.8 Å². The number of rotatable bonds is 11. The van der Waals surface area contributed by atoms with Gasteiger partial charge in [0.25, 0.3) is 5.91 Å². The Morgan fingerprint density at radius 3 is 2.16 bits per heavy atom. The topological polar surface area (TPSA) is 169 Å². The van der Waals surface area contributed by atoms with Crippen LogP contribution in [0.1, 0.15) is 80.6 Å². The third-order valence-electron chi connectivity index (χ3n) is 5.02. The number of alkyl carbamates (subject to hydrolysis) is 2. The summed E-state index contributed by atoms with van der Waals surface area (Å²) in [7, 11) is 0. The maximum Gasteiger partial charge on any atom is 0.408 e. The van der Waals surface area contributed by atoms with E-state index >= 15 is 0 Å². The molecular formula is C25H42N4O9. The Hall–Kier alpha value is -3.38. The second-order valence-corrected chi connectivity index (χ2v) is 10.8. The van der Waals surface area contributed by atoms with Crippen LogP contribution in [0.15, 0.2) is 0 Å². The minimum atomic E-state index is -1.05. The lowest BCUT2D eigenvalue weighted by molar-refractivity contribution is -0.159. The second kappa shape index (κ2) is 14.5. The Bertz CT molecular complexity index is 877. The van der Waals surface area contributed by atoms with E-state index in [4.69, 9.17) is 14.2 Å². The lowest BCUT2D eigenvalue weighted by Crippen LogP contribution is -2.58. The van der Waals surface area contributed by atoms with E-state index < -0.39 is 65.7 Å². The average molecular weight is 543 g/mol. The van der Waals surface area contributed by atoms with Gasteiger partial charge in [0.1, 0.15) is 29.8 Å². The van der Waals surface area contributed by atoms with Crippen LogP contribution in [0.5, 0.6) is 0 Å². The molecule has 13 nitrogen and oxygen atoms in total. The van der Waals surface area contributed by atoms with Gasteiger partial charge in [0.05, 0.1) is 6.61 Å². The third kappa shape index (κ3) is 12.7. The number of nitrogens with one attached hydrogen (secondary N) is 3. The molecule has 1 fully saturated rings. The molecule has 0 unspecified atom stereocenters. The number of unbranched alkanes of at least 4 members (excludes halogenated alkanes) is 1. The molecule has 1 heterocycles. The summed E-state index contributed by atoms with van der Waals surface area (Å²) < 4.78 is 15.2. The highest BCUT2D eigenvalue weighted by molar-refractivity contribution is 6.04. The highest BCUT2D eigenvalue weighted by Crippen LogP contribution is 2.15. The maximum atomic E-state index is 13.1. The van der Waals surface area contributed by atoms with E-state index in [1.807, 2.05) is 0 Å². The number of hydrogen-bond acceptors (Lipinski definition) is 9. The number of hydrogen-bond donors (Lipinski definition) is 3. The van der Waals surface area contributed by atoms with Gasteiger partial charge in [0, 0.05) is 13.0 Å². The molecular weight excluding hydrogens is 500 g/mol. The summed E-state index contributed by atoms with van der Waals surface area (Å²) in [6.45, 7) is 11.7. The summed E-state index contributed by atoms with van der Waals surface area (Å²) in [5.74, 6) is -2.62. The molecule has 0 bridgehead atoms. The van der Waals surface area contributed by atoms with E-state index in [-0.39, 0.29) is 25.9 Å². The molecule has 0 aromatic heterocycles. The first kappa shape index (κ1) is 32.6. The van der Waals surface area contributed by atoms with Crippen molar-refractivity contribution < 1.29 is 43.0 Å². The Morgan fingerprint density at radius 1 is 0.974 bits per heavy atom. The van der Waals surface area contributed by atoms with Gasteiger partial charge in [-0.05, 0) is 74.1 Å². The van der Waals surface area contributed by atoms with Crippen LogP contribution in [0.25, 0.3) is 0 Å². The van der Waals surface area contributed by atoms with Crippen LogP contribution in [-0.2, 0) is 33.4 Å². The van der Waals surface area contributed by atoms with E-state index in [2.05, 4.69) is 16.0 Å². The molecule has 1 aliphatic rings. The summed E-state index contributed by atoms with van der Waals surface area (Å²) in [6, 6.07) is -2.10. The standard InChI is InChI=1S/C25H42N4O9/c1-8-36-19(31)15-29-18(30)13-12-17(21(29)33)27-20(32)16(28-23(35)38-25(5,6)7)11-9-10-14-26-22(34)37-24(2,3)4/h16-17H,8-15H2,1-7H3,(H,26,34)(H,27,32)(H,28,35)/t16-,17-/m0/s1. The molecule has 5 amide bonds. The largest absolute Gasteiger partial charge is 0.465 e. The van der Waals surface area contributed by atoms with E-state index in [9.17, 15) is 28.8 Å². The molecule has 216 valence electrons. The summed E-state index contributed by atoms with van der Waals surface area (Å²) in [5, 5.41) is 7.73. The number of carbonyl (C=O) groups excluding carboxylic acids is 6. The lowest BCUT2D eigenvalue weighted by atomic mass is 10.0. The highest BCUT2D eigenvalue weighted by Gasteiger charge is 2.37. The van der Waals surface area contributed by atoms with Crippen molar-refractivity contribution >= 4 is 35.9 Å². The molecule has 0 aliphatic carbocycles. The van der Waals surface area contributed by atoms with Crippen LogP contribution < -0.4 is 16.0 Å². The summed E-state index contributed by atoms with van der Waals surface area (Å²) >= 11 is 0. The van der Waals surface area contributed by atoms with Gasteiger partial charge in [0.15, 0.2) is 0 Å². The van der Waals surface area contributed by atoms with Crippen molar-refractivity contribution in [2.75, 3.05) is 19.7 Å².